The topological polar surface area (TPSA) is 93.1 Å². The van der Waals surface area contributed by atoms with E-state index in [-0.39, 0.29) is 18.9 Å². The van der Waals surface area contributed by atoms with Gasteiger partial charge in [0.15, 0.2) is 0 Å². The number of nitrogens with zero attached hydrogens (tertiary/aromatic N) is 1. The average Bonchev–Trinajstić information content (AvgIpc) is 2.23. The Balaban J connectivity index is 4.46. The van der Waals surface area contributed by atoms with Crippen molar-refractivity contribution in [3.05, 3.63) is 0 Å². The minimum atomic E-state index is -3.57. The van der Waals surface area contributed by atoms with Crippen molar-refractivity contribution in [3.8, 4) is 0 Å². The van der Waals surface area contributed by atoms with Gasteiger partial charge < -0.3 is 14.6 Å². The zero-order chi connectivity index (χ0) is 13.3. The summed E-state index contributed by atoms with van der Waals surface area (Å²) in [6.07, 6.45) is 0.335. The molecule has 17 heavy (non-hydrogen) atoms. The minimum Gasteiger partial charge on any atom is -0.480 e. The van der Waals surface area contributed by atoms with E-state index >= 15 is 0 Å². The first-order valence-corrected chi connectivity index (χ1v) is 6.72. The zero-order valence-electron chi connectivity index (χ0n) is 10.1. The molecule has 0 aliphatic carbocycles. The van der Waals surface area contributed by atoms with Crippen LogP contribution in [-0.2, 0) is 24.3 Å². The van der Waals surface area contributed by atoms with Crippen molar-refractivity contribution in [2.45, 2.75) is 6.42 Å². The van der Waals surface area contributed by atoms with E-state index in [1.807, 2.05) is 0 Å². The highest BCUT2D eigenvalue weighted by Crippen LogP contribution is 2.03. The normalized spacial score (nSPS) is 11.9. The Morgan fingerprint density at radius 2 is 1.82 bits per heavy atom. The number of methoxy groups -OCH3 is 2. The van der Waals surface area contributed by atoms with Gasteiger partial charge >= 0.3 is 5.97 Å². The standard InChI is InChI=1S/C9H19NO6S/c1-15-5-3-7-17(13,14)10(4-6-16-2)8-9(11)12/h3-8H2,1-2H3,(H,11,12). The molecule has 0 aliphatic heterocycles. The predicted octanol–water partition coefficient (Wildman–Crippen LogP) is -0.614. The SMILES string of the molecule is COCCCS(=O)(=O)N(CCOC)CC(=O)O. The second-order valence-corrected chi connectivity index (χ2v) is 5.47. The number of rotatable bonds is 10. The summed E-state index contributed by atoms with van der Waals surface area (Å²) in [5.41, 5.74) is 0. The number of carboxylic acids is 1. The van der Waals surface area contributed by atoms with Crippen LogP contribution in [0.5, 0.6) is 0 Å². The Morgan fingerprint density at radius 3 is 2.29 bits per heavy atom. The van der Waals surface area contributed by atoms with Crippen LogP contribution in [0.3, 0.4) is 0 Å². The van der Waals surface area contributed by atoms with E-state index in [1.165, 1.54) is 14.2 Å². The molecule has 0 radical (unpaired) electrons. The average molecular weight is 269 g/mol. The van der Waals surface area contributed by atoms with Gasteiger partial charge in [0.1, 0.15) is 6.54 Å². The first-order chi connectivity index (χ1) is 7.94. The third-order valence-electron chi connectivity index (χ3n) is 2.00. The van der Waals surface area contributed by atoms with Crippen molar-refractivity contribution in [3.63, 3.8) is 0 Å². The van der Waals surface area contributed by atoms with Crippen molar-refractivity contribution in [1.29, 1.82) is 0 Å². The monoisotopic (exact) mass is 269 g/mol. The zero-order valence-corrected chi connectivity index (χ0v) is 10.9. The summed E-state index contributed by atoms with van der Waals surface area (Å²) >= 11 is 0. The fourth-order valence-electron chi connectivity index (χ4n) is 1.18. The largest absolute Gasteiger partial charge is 0.480 e. The van der Waals surface area contributed by atoms with Gasteiger partial charge in [-0.25, -0.2) is 8.42 Å². The molecule has 7 nitrogen and oxygen atoms in total. The summed E-state index contributed by atoms with van der Waals surface area (Å²) in [5, 5.41) is 8.65. The van der Waals surface area contributed by atoms with Gasteiger partial charge in [-0.2, -0.15) is 4.31 Å². The molecule has 0 bridgehead atoms. The minimum absolute atomic E-state index is 0.0398. The number of sulfonamides is 1. The molecule has 0 rings (SSSR count). The lowest BCUT2D eigenvalue weighted by atomic mass is 10.5. The lowest BCUT2D eigenvalue weighted by Gasteiger charge is -2.19. The maximum absolute atomic E-state index is 11.8. The number of carboxylic acid groups (broad SMARTS) is 1. The summed E-state index contributed by atoms with van der Waals surface area (Å²) in [6.45, 7) is -0.0159. The summed E-state index contributed by atoms with van der Waals surface area (Å²) in [6, 6.07) is 0. The van der Waals surface area contributed by atoms with Gasteiger partial charge in [-0.05, 0) is 6.42 Å². The van der Waals surface area contributed by atoms with E-state index in [9.17, 15) is 13.2 Å². The van der Waals surface area contributed by atoms with Gasteiger partial charge in [0.25, 0.3) is 0 Å². The van der Waals surface area contributed by atoms with Crippen LogP contribution >= 0.6 is 0 Å². The fourth-order valence-corrected chi connectivity index (χ4v) is 2.58. The first kappa shape index (κ1) is 16.3. The molecule has 1 N–H and O–H groups in total. The Kier molecular flexibility index (Phi) is 8.05. The van der Waals surface area contributed by atoms with Crippen molar-refractivity contribution >= 4 is 16.0 Å². The van der Waals surface area contributed by atoms with Crippen molar-refractivity contribution in [1.82, 2.24) is 4.31 Å². The molecule has 8 heteroatoms. The molecule has 0 atom stereocenters. The van der Waals surface area contributed by atoms with E-state index in [0.29, 0.717) is 13.0 Å². The van der Waals surface area contributed by atoms with Gasteiger partial charge in [0.05, 0.1) is 12.4 Å². The second kappa shape index (κ2) is 8.40. The Hall–Kier alpha value is -0.700. The molecule has 0 heterocycles. The van der Waals surface area contributed by atoms with Gasteiger partial charge in [0.2, 0.25) is 10.0 Å². The number of carbonyl (C=O) groups is 1. The van der Waals surface area contributed by atoms with Crippen molar-refractivity contribution in [2.75, 3.05) is 46.3 Å². The van der Waals surface area contributed by atoms with E-state index < -0.39 is 22.5 Å². The van der Waals surface area contributed by atoms with Crippen molar-refractivity contribution in [2.24, 2.45) is 0 Å². The highest BCUT2D eigenvalue weighted by Gasteiger charge is 2.23. The summed E-state index contributed by atoms with van der Waals surface area (Å²) in [4.78, 5) is 10.6. The Labute approximate surface area is 101 Å². The van der Waals surface area contributed by atoms with E-state index in [2.05, 4.69) is 0 Å². The molecule has 0 fully saturated rings. The van der Waals surface area contributed by atoms with Crippen LogP contribution in [-0.4, -0.2) is 70.1 Å². The van der Waals surface area contributed by atoms with Gasteiger partial charge in [-0.15, -0.1) is 0 Å². The van der Waals surface area contributed by atoms with Crippen LogP contribution in [0.2, 0.25) is 0 Å². The van der Waals surface area contributed by atoms with Gasteiger partial charge in [0, 0.05) is 27.4 Å². The molecule has 0 unspecified atom stereocenters. The number of aliphatic carboxylic acids is 1. The molecule has 0 aromatic rings. The summed E-state index contributed by atoms with van der Waals surface area (Å²) in [7, 11) is -0.664. The number of ether oxygens (including phenoxy) is 2. The molecule has 0 amide bonds. The quantitative estimate of drug-likeness (QED) is 0.532. The van der Waals surface area contributed by atoms with Crippen LogP contribution in [0.4, 0.5) is 0 Å². The van der Waals surface area contributed by atoms with Gasteiger partial charge in [-0.1, -0.05) is 0 Å². The lowest BCUT2D eigenvalue weighted by Crippen LogP contribution is -2.39. The van der Waals surface area contributed by atoms with Crippen molar-refractivity contribution < 1.29 is 27.8 Å². The van der Waals surface area contributed by atoms with Crippen LogP contribution < -0.4 is 0 Å². The Bertz CT molecular complexity index is 315. The number of hydrogen-bond acceptors (Lipinski definition) is 5. The third kappa shape index (κ3) is 7.27. The lowest BCUT2D eigenvalue weighted by molar-refractivity contribution is -0.137. The molecular formula is C9H19NO6S. The van der Waals surface area contributed by atoms with E-state index in [0.717, 1.165) is 4.31 Å². The summed E-state index contributed by atoms with van der Waals surface area (Å²) in [5.74, 6) is -1.31. The molecule has 0 saturated carbocycles. The molecule has 0 aliphatic rings. The maximum Gasteiger partial charge on any atom is 0.318 e. The molecule has 102 valence electrons. The summed E-state index contributed by atoms with van der Waals surface area (Å²) < 4.78 is 34.0. The van der Waals surface area contributed by atoms with Crippen LogP contribution in [0.25, 0.3) is 0 Å². The van der Waals surface area contributed by atoms with E-state index in [4.69, 9.17) is 14.6 Å². The molecule has 0 aromatic heterocycles. The van der Waals surface area contributed by atoms with Gasteiger partial charge in [-0.3, -0.25) is 4.79 Å². The highest BCUT2D eigenvalue weighted by atomic mass is 32.2. The second-order valence-electron chi connectivity index (χ2n) is 3.38. The van der Waals surface area contributed by atoms with Crippen LogP contribution in [0, 0.1) is 0 Å². The van der Waals surface area contributed by atoms with E-state index in [1.54, 1.807) is 0 Å². The Morgan fingerprint density at radius 1 is 1.24 bits per heavy atom. The fraction of sp³-hybridized carbons (Fsp3) is 0.889. The first-order valence-electron chi connectivity index (χ1n) is 5.11. The smallest absolute Gasteiger partial charge is 0.318 e. The molecular weight excluding hydrogens is 250 g/mol. The number of hydrogen-bond donors (Lipinski definition) is 1. The predicted molar refractivity (Wildman–Crippen MR) is 61.4 cm³/mol. The molecule has 0 spiro atoms. The third-order valence-corrected chi connectivity index (χ3v) is 3.90. The molecule has 0 saturated heterocycles. The van der Waals surface area contributed by atoms with Crippen LogP contribution in [0.1, 0.15) is 6.42 Å². The van der Waals surface area contributed by atoms with Crippen LogP contribution in [0.15, 0.2) is 0 Å². The highest BCUT2D eigenvalue weighted by molar-refractivity contribution is 7.89. The molecule has 0 aromatic carbocycles. The maximum atomic E-state index is 11.8.